The molecule has 0 spiro atoms. The quantitative estimate of drug-likeness (QED) is 0.525. The lowest BCUT2D eigenvalue weighted by molar-refractivity contribution is -0.384. The van der Waals surface area contributed by atoms with Gasteiger partial charge >= 0.3 is 0 Å². The molecule has 0 bridgehead atoms. The molecule has 2 rings (SSSR count). The zero-order valence-electron chi connectivity index (χ0n) is 10.1. The number of carbonyl (C=O) groups excluding carboxylic acids is 1. The van der Waals surface area contributed by atoms with Gasteiger partial charge in [-0.25, -0.2) is 0 Å². The second-order valence-electron chi connectivity index (χ2n) is 3.77. The number of nitrogens with zero attached hydrogens (tertiary/aromatic N) is 1. The van der Waals surface area contributed by atoms with Crippen molar-refractivity contribution in [3.8, 4) is 0 Å². The van der Waals surface area contributed by atoms with E-state index in [1.807, 2.05) is 0 Å². The Balaban J connectivity index is 1.97. The van der Waals surface area contributed by atoms with E-state index in [1.165, 1.54) is 36.4 Å². The van der Waals surface area contributed by atoms with Gasteiger partial charge in [-0.3, -0.25) is 14.9 Å². The Bertz CT molecular complexity index is 661. The number of carbonyl (C=O) groups is 1. The minimum absolute atomic E-state index is 0.0287. The SMILES string of the molecule is O=C(/C=C/c1ccc(Br)o1)Nc1ccc([N+](=O)[O-])cc1. The Morgan fingerprint density at radius 2 is 1.95 bits per heavy atom. The first-order valence-corrected chi connectivity index (χ1v) is 6.33. The Hall–Kier alpha value is -2.41. The maximum Gasteiger partial charge on any atom is 0.269 e. The molecule has 0 fully saturated rings. The molecule has 6 nitrogen and oxygen atoms in total. The minimum atomic E-state index is -0.500. The van der Waals surface area contributed by atoms with Crippen LogP contribution in [0.5, 0.6) is 0 Å². The van der Waals surface area contributed by atoms with Gasteiger partial charge in [-0.2, -0.15) is 0 Å². The molecule has 0 radical (unpaired) electrons. The topological polar surface area (TPSA) is 85.4 Å². The summed E-state index contributed by atoms with van der Waals surface area (Å²) in [6.07, 6.45) is 2.83. The van der Waals surface area contributed by atoms with E-state index < -0.39 is 4.92 Å². The van der Waals surface area contributed by atoms with E-state index in [2.05, 4.69) is 21.2 Å². The van der Waals surface area contributed by atoms with Crippen LogP contribution in [0.15, 0.2) is 51.6 Å². The summed E-state index contributed by atoms with van der Waals surface area (Å²) in [7, 11) is 0. The summed E-state index contributed by atoms with van der Waals surface area (Å²) in [6, 6.07) is 9.00. The van der Waals surface area contributed by atoms with Crippen LogP contribution in [0.3, 0.4) is 0 Å². The number of nitro benzene ring substituents is 1. The molecule has 7 heteroatoms. The lowest BCUT2D eigenvalue weighted by Gasteiger charge is -2.00. The molecule has 1 heterocycles. The van der Waals surface area contributed by atoms with Crippen LogP contribution in [-0.2, 0) is 4.79 Å². The fourth-order valence-electron chi connectivity index (χ4n) is 1.43. The number of rotatable bonds is 4. The molecule has 0 aliphatic heterocycles. The molecule has 1 aromatic heterocycles. The van der Waals surface area contributed by atoms with Gasteiger partial charge in [-0.1, -0.05) is 0 Å². The summed E-state index contributed by atoms with van der Waals surface area (Å²) in [6.45, 7) is 0. The number of hydrogen-bond donors (Lipinski definition) is 1. The molecule has 0 unspecified atom stereocenters. The predicted octanol–water partition coefficient (Wildman–Crippen LogP) is 3.60. The van der Waals surface area contributed by atoms with Crippen LogP contribution in [0, 0.1) is 10.1 Å². The van der Waals surface area contributed by atoms with Gasteiger partial charge < -0.3 is 9.73 Å². The maximum absolute atomic E-state index is 11.6. The molecule has 0 saturated carbocycles. The van der Waals surface area contributed by atoms with Crippen LogP contribution in [0.4, 0.5) is 11.4 Å². The second-order valence-corrected chi connectivity index (χ2v) is 4.55. The molecule has 1 aromatic carbocycles. The van der Waals surface area contributed by atoms with E-state index >= 15 is 0 Å². The van der Waals surface area contributed by atoms with Gasteiger partial charge in [0, 0.05) is 23.9 Å². The maximum atomic E-state index is 11.6. The Morgan fingerprint density at radius 1 is 1.25 bits per heavy atom. The van der Waals surface area contributed by atoms with Crippen molar-refractivity contribution in [2.24, 2.45) is 0 Å². The zero-order chi connectivity index (χ0) is 14.5. The van der Waals surface area contributed by atoms with Gasteiger partial charge in [0.25, 0.3) is 5.69 Å². The summed E-state index contributed by atoms with van der Waals surface area (Å²) in [4.78, 5) is 21.6. The molecule has 102 valence electrons. The van der Waals surface area contributed by atoms with Gasteiger partial charge in [0.1, 0.15) is 5.76 Å². The Labute approximate surface area is 122 Å². The van der Waals surface area contributed by atoms with Crippen molar-refractivity contribution >= 4 is 39.3 Å². The standard InChI is InChI=1S/C13H9BrN2O4/c14-12-7-5-11(20-12)6-8-13(17)15-9-1-3-10(4-2-9)16(18)19/h1-8H,(H,15,17)/b8-6+. The first-order chi connectivity index (χ1) is 9.54. The normalized spacial score (nSPS) is 10.7. The first kappa shape index (κ1) is 14.0. The second kappa shape index (κ2) is 6.16. The smallest absolute Gasteiger partial charge is 0.269 e. The van der Waals surface area contributed by atoms with E-state index in [1.54, 1.807) is 12.1 Å². The third-order valence-corrected chi connectivity index (χ3v) is 2.76. The van der Waals surface area contributed by atoms with Crippen molar-refractivity contribution in [2.45, 2.75) is 0 Å². The summed E-state index contributed by atoms with van der Waals surface area (Å²) >= 11 is 3.16. The number of halogens is 1. The number of benzene rings is 1. The molecule has 1 amide bonds. The van der Waals surface area contributed by atoms with Gasteiger partial charge in [-0.15, -0.1) is 0 Å². The van der Waals surface area contributed by atoms with E-state index in [-0.39, 0.29) is 11.6 Å². The van der Waals surface area contributed by atoms with E-state index in [9.17, 15) is 14.9 Å². The lowest BCUT2D eigenvalue weighted by Crippen LogP contribution is -2.07. The molecular weight excluding hydrogens is 328 g/mol. The molecular formula is C13H9BrN2O4. The predicted molar refractivity (Wildman–Crippen MR) is 77.2 cm³/mol. The highest BCUT2D eigenvalue weighted by atomic mass is 79.9. The van der Waals surface area contributed by atoms with Crippen molar-refractivity contribution in [1.82, 2.24) is 0 Å². The highest BCUT2D eigenvalue weighted by molar-refractivity contribution is 9.10. The highest BCUT2D eigenvalue weighted by Crippen LogP contribution is 2.16. The number of amides is 1. The zero-order valence-corrected chi connectivity index (χ0v) is 11.7. The van der Waals surface area contributed by atoms with Crippen LogP contribution < -0.4 is 5.32 Å². The average Bonchev–Trinajstić information content (AvgIpc) is 2.83. The molecule has 0 aliphatic rings. The van der Waals surface area contributed by atoms with E-state index in [0.29, 0.717) is 16.1 Å². The first-order valence-electron chi connectivity index (χ1n) is 5.53. The number of nitrogens with one attached hydrogen (secondary N) is 1. The van der Waals surface area contributed by atoms with Gasteiger partial charge in [0.05, 0.1) is 4.92 Å². The molecule has 0 atom stereocenters. The van der Waals surface area contributed by atoms with Crippen molar-refractivity contribution in [2.75, 3.05) is 5.32 Å². The molecule has 0 saturated heterocycles. The van der Waals surface area contributed by atoms with Crippen molar-refractivity contribution < 1.29 is 14.1 Å². The third kappa shape index (κ3) is 3.79. The number of furan rings is 1. The summed E-state index contributed by atoms with van der Waals surface area (Å²) < 4.78 is 5.78. The van der Waals surface area contributed by atoms with Crippen LogP contribution in [0.1, 0.15) is 5.76 Å². The fourth-order valence-corrected chi connectivity index (χ4v) is 1.75. The van der Waals surface area contributed by atoms with Gasteiger partial charge in [0.15, 0.2) is 4.67 Å². The van der Waals surface area contributed by atoms with E-state index in [0.717, 1.165) is 0 Å². The number of nitro groups is 1. The number of hydrogen-bond acceptors (Lipinski definition) is 4. The highest BCUT2D eigenvalue weighted by Gasteiger charge is 2.05. The molecule has 2 aromatic rings. The van der Waals surface area contributed by atoms with Crippen molar-refractivity contribution in [3.05, 3.63) is 63.0 Å². The molecule has 0 aliphatic carbocycles. The largest absolute Gasteiger partial charge is 0.450 e. The number of non-ortho nitro benzene ring substituents is 1. The van der Waals surface area contributed by atoms with Crippen LogP contribution in [-0.4, -0.2) is 10.8 Å². The minimum Gasteiger partial charge on any atom is -0.450 e. The van der Waals surface area contributed by atoms with Crippen molar-refractivity contribution in [1.29, 1.82) is 0 Å². The average molecular weight is 337 g/mol. The summed E-state index contributed by atoms with van der Waals surface area (Å²) in [5, 5.41) is 13.1. The summed E-state index contributed by atoms with van der Waals surface area (Å²) in [5.41, 5.74) is 0.449. The van der Waals surface area contributed by atoms with Crippen LogP contribution >= 0.6 is 15.9 Å². The van der Waals surface area contributed by atoms with Crippen molar-refractivity contribution in [3.63, 3.8) is 0 Å². The molecule has 1 N–H and O–H groups in total. The Kier molecular flexibility index (Phi) is 4.31. The monoisotopic (exact) mass is 336 g/mol. The van der Waals surface area contributed by atoms with Crippen LogP contribution in [0.2, 0.25) is 0 Å². The Morgan fingerprint density at radius 3 is 2.50 bits per heavy atom. The fraction of sp³-hybridized carbons (Fsp3) is 0. The number of anilines is 1. The molecule has 20 heavy (non-hydrogen) atoms. The lowest BCUT2D eigenvalue weighted by atomic mass is 10.3. The third-order valence-electron chi connectivity index (χ3n) is 2.34. The van der Waals surface area contributed by atoms with Gasteiger partial charge in [0.2, 0.25) is 5.91 Å². The van der Waals surface area contributed by atoms with E-state index in [4.69, 9.17) is 4.42 Å². The summed E-state index contributed by atoms with van der Waals surface area (Å²) in [5.74, 6) is 0.183. The van der Waals surface area contributed by atoms with Crippen LogP contribution in [0.25, 0.3) is 6.08 Å². The van der Waals surface area contributed by atoms with Gasteiger partial charge in [-0.05, 0) is 46.3 Å².